The van der Waals surface area contributed by atoms with E-state index >= 15 is 0 Å². The van der Waals surface area contributed by atoms with Crippen LogP contribution in [0.15, 0.2) is 53.4 Å². The summed E-state index contributed by atoms with van der Waals surface area (Å²) in [6.07, 6.45) is 0. The molecule has 0 radical (unpaired) electrons. The maximum Gasteiger partial charge on any atom is 0.252 e. The van der Waals surface area contributed by atoms with Gasteiger partial charge in [-0.15, -0.1) is 11.8 Å². The molecule has 0 saturated heterocycles. The summed E-state index contributed by atoms with van der Waals surface area (Å²) in [4.78, 5) is 38.2. The number of anilines is 1. The minimum Gasteiger partial charge on any atom is -0.347 e. The molecule has 0 atom stereocenters. The van der Waals surface area contributed by atoms with Crippen LogP contribution in [0.1, 0.15) is 15.9 Å². The minimum absolute atomic E-state index is 0.0949. The van der Waals surface area contributed by atoms with Crippen LogP contribution in [0, 0.1) is 11.3 Å². The van der Waals surface area contributed by atoms with Crippen LogP contribution in [-0.2, 0) is 9.59 Å². The SMILES string of the molecule is CN(C)C(=O)CNC(=O)c1ccccc1SCC(=O)Nc1cccc(C#N)c1. The van der Waals surface area contributed by atoms with Crippen molar-refractivity contribution in [2.45, 2.75) is 4.90 Å². The summed E-state index contributed by atoms with van der Waals surface area (Å²) in [5, 5.41) is 14.2. The second-order valence-electron chi connectivity index (χ2n) is 6.00. The van der Waals surface area contributed by atoms with Gasteiger partial charge in [0.25, 0.3) is 5.91 Å². The quantitative estimate of drug-likeness (QED) is 0.698. The van der Waals surface area contributed by atoms with Crippen molar-refractivity contribution in [1.29, 1.82) is 5.26 Å². The van der Waals surface area contributed by atoms with Gasteiger partial charge in [-0.3, -0.25) is 14.4 Å². The van der Waals surface area contributed by atoms with E-state index in [4.69, 9.17) is 5.26 Å². The standard InChI is InChI=1S/C20H20N4O3S/c1-24(2)19(26)12-22-20(27)16-8-3-4-9-17(16)28-13-18(25)23-15-7-5-6-14(10-15)11-21/h3-10H,12-13H2,1-2H3,(H,22,27)(H,23,25). The van der Waals surface area contributed by atoms with Crippen LogP contribution in [0.2, 0.25) is 0 Å². The van der Waals surface area contributed by atoms with Crippen molar-refractivity contribution in [3.05, 3.63) is 59.7 Å². The number of amides is 3. The Morgan fingerprint density at radius 2 is 1.86 bits per heavy atom. The third-order valence-corrected chi connectivity index (χ3v) is 4.74. The average molecular weight is 396 g/mol. The lowest BCUT2D eigenvalue weighted by Gasteiger charge is -2.12. The molecule has 0 saturated carbocycles. The molecule has 0 aliphatic rings. The first-order chi connectivity index (χ1) is 13.4. The van der Waals surface area contributed by atoms with Crippen LogP contribution in [0.25, 0.3) is 0 Å². The second kappa shape index (κ2) is 10.1. The number of hydrogen-bond acceptors (Lipinski definition) is 5. The number of benzene rings is 2. The summed E-state index contributed by atoms with van der Waals surface area (Å²) in [5.74, 6) is -0.742. The van der Waals surface area contributed by atoms with Gasteiger partial charge in [0.15, 0.2) is 0 Å². The van der Waals surface area contributed by atoms with Gasteiger partial charge in [-0.05, 0) is 30.3 Å². The van der Waals surface area contributed by atoms with Crippen LogP contribution in [0.3, 0.4) is 0 Å². The highest BCUT2D eigenvalue weighted by molar-refractivity contribution is 8.00. The summed E-state index contributed by atoms with van der Waals surface area (Å²) >= 11 is 1.22. The van der Waals surface area contributed by atoms with Crippen molar-refractivity contribution >= 4 is 35.2 Å². The minimum atomic E-state index is -0.375. The first kappa shape index (κ1) is 21.0. The van der Waals surface area contributed by atoms with Gasteiger partial charge < -0.3 is 15.5 Å². The van der Waals surface area contributed by atoms with Crippen LogP contribution in [0.5, 0.6) is 0 Å². The van der Waals surface area contributed by atoms with Gasteiger partial charge in [0, 0.05) is 24.7 Å². The molecular weight excluding hydrogens is 376 g/mol. The molecule has 2 aromatic rings. The predicted molar refractivity (Wildman–Crippen MR) is 108 cm³/mol. The lowest BCUT2D eigenvalue weighted by atomic mass is 10.2. The van der Waals surface area contributed by atoms with Crippen molar-refractivity contribution in [3.63, 3.8) is 0 Å². The first-order valence-corrected chi connectivity index (χ1v) is 9.39. The Balaban J connectivity index is 1.97. The van der Waals surface area contributed by atoms with E-state index in [2.05, 4.69) is 10.6 Å². The molecule has 0 bridgehead atoms. The Morgan fingerprint density at radius 3 is 2.57 bits per heavy atom. The number of nitrogens with zero attached hydrogens (tertiary/aromatic N) is 2. The van der Waals surface area contributed by atoms with Crippen LogP contribution >= 0.6 is 11.8 Å². The largest absolute Gasteiger partial charge is 0.347 e. The number of thioether (sulfide) groups is 1. The zero-order valence-corrected chi connectivity index (χ0v) is 16.4. The molecule has 0 spiro atoms. The van der Waals surface area contributed by atoms with Crippen molar-refractivity contribution in [2.75, 3.05) is 31.7 Å². The molecule has 0 aliphatic heterocycles. The Kier molecular flexibility index (Phi) is 7.60. The molecule has 28 heavy (non-hydrogen) atoms. The lowest BCUT2D eigenvalue weighted by Crippen LogP contribution is -2.36. The van der Waals surface area contributed by atoms with E-state index in [0.717, 1.165) is 0 Å². The summed E-state index contributed by atoms with van der Waals surface area (Å²) in [5.41, 5.74) is 1.40. The fourth-order valence-corrected chi connectivity index (χ4v) is 3.05. The monoisotopic (exact) mass is 396 g/mol. The number of hydrogen-bond donors (Lipinski definition) is 2. The van der Waals surface area contributed by atoms with E-state index in [-0.39, 0.29) is 30.0 Å². The van der Waals surface area contributed by atoms with Crippen molar-refractivity contribution in [3.8, 4) is 6.07 Å². The molecule has 144 valence electrons. The number of carbonyl (C=O) groups is 3. The van der Waals surface area contributed by atoms with E-state index in [1.54, 1.807) is 62.6 Å². The van der Waals surface area contributed by atoms with Gasteiger partial charge in [0.1, 0.15) is 0 Å². The van der Waals surface area contributed by atoms with Crippen molar-refractivity contribution < 1.29 is 14.4 Å². The van der Waals surface area contributed by atoms with E-state index in [1.165, 1.54) is 16.7 Å². The molecule has 0 heterocycles. The van der Waals surface area contributed by atoms with Crippen LogP contribution in [0.4, 0.5) is 5.69 Å². The molecule has 2 aromatic carbocycles. The molecule has 0 unspecified atom stereocenters. The van der Waals surface area contributed by atoms with Gasteiger partial charge in [0.05, 0.1) is 29.5 Å². The maximum atomic E-state index is 12.4. The highest BCUT2D eigenvalue weighted by Gasteiger charge is 2.14. The fourth-order valence-electron chi connectivity index (χ4n) is 2.20. The number of carbonyl (C=O) groups excluding carboxylic acids is 3. The smallest absolute Gasteiger partial charge is 0.252 e. The molecular formula is C20H20N4O3S. The van der Waals surface area contributed by atoms with Crippen molar-refractivity contribution in [2.24, 2.45) is 0 Å². The Hall–Kier alpha value is -3.31. The topological polar surface area (TPSA) is 102 Å². The van der Waals surface area contributed by atoms with Crippen LogP contribution < -0.4 is 10.6 Å². The van der Waals surface area contributed by atoms with Gasteiger partial charge >= 0.3 is 0 Å². The predicted octanol–water partition coefficient (Wildman–Crippen LogP) is 2.11. The van der Waals surface area contributed by atoms with E-state index in [0.29, 0.717) is 21.7 Å². The molecule has 3 amide bonds. The lowest BCUT2D eigenvalue weighted by molar-refractivity contribution is -0.127. The molecule has 2 rings (SSSR count). The highest BCUT2D eigenvalue weighted by Crippen LogP contribution is 2.23. The third-order valence-electron chi connectivity index (χ3n) is 3.66. The zero-order chi connectivity index (χ0) is 20.5. The number of rotatable bonds is 7. The van der Waals surface area contributed by atoms with E-state index < -0.39 is 0 Å². The first-order valence-electron chi connectivity index (χ1n) is 8.41. The van der Waals surface area contributed by atoms with Gasteiger partial charge in [-0.25, -0.2) is 0 Å². The summed E-state index contributed by atoms with van der Waals surface area (Å²) in [7, 11) is 3.23. The fraction of sp³-hybridized carbons (Fsp3) is 0.200. The zero-order valence-electron chi connectivity index (χ0n) is 15.6. The maximum absolute atomic E-state index is 12.4. The Morgan fingerprint density at radius 1 is 1.11 bits per heavy atom. The summed E-state index contributed by atoms with van der Waals surface area (Å²) < 4.78 is 0. The Bertz CT molecular complexity index is 922. The third kappa shape index (κ3) is 6.14. The molecule has 0 aliphatic carbocycles. The van der Waals surface area contributed by atoms with E-state index in [1.807, 2.05) is 6.07 Å². The number of likely N-dealkylation sites (N-methyl/N-ethyl adjacent to an activating group) is 1. The molecule has 8 heteroatoms. The van der Waals surface area contributed by atoms with Gasteiger partial charge in [-0.2, -0.15) is 5.26 Å². The number of nitriles is 1. The molecule has 2 N–H and O–H groups in total. The Labute approximate surface area is 167 Å². The van der Waals surface area contributed by atoms with Gasteiger partial charge in [-0.1, -0.05) is 18.2 Å². The highest BCUT2D eigenvalue weighted by atomic mass is 32.2. The van der Waals surface area contributed by atoms with Crippen LogP contribution in [-0.4, -0.2) is 49.0 Å². The van der Waals surface area contributed by atoms with E-state index in [9.17, 15) is 14.4 Å². The number of nitrogens with one attached hydrogen (secondary N) is 2. The average Bonchev–Trinajstić information content (AvgIpc) is 2.70. The second-order valence-corrected chi connectivity index (χ2v) is 7.01. The summed E-state index contributed by atoms with van der Waals surface area (Å²) in [6, 6.07) is 15.5. The summed E-state index contributed by atoms with van der Waals surface area (Å²) in [6.45, 7) is -0.0967. The molecule has 0 fully saturated rings. The van der Waals surface area contributed by atoms with Gasteiger partial charge in [0.2, 0.25) is 11.8 Å². The molecule has 0 aromatic heterocycles. The normalized spacial score (nSPS) is 9.89. The van der Waals surface area contributed by atoms with Crippen molar-refractivity contribution in [1.82, 2.24) is 10.2 Å². The molecule has 7 nitrogen and oxygen atoms in total.